The average molecular weight is 336 g/mol. The summed E-state index contributed by atoms with van der Waals surface area (Å²) in [5.41, 5.74) is 1.37. The Balaban J connectivity index is 1.73. The lowest BCUT2D eigenvalue weighted by molar-refractivity contribution is 0.102. The molecule has 1 heterocycles. The monoisotopic (exact) mass is 336 g/mol. The van der Waals surface area contributed by atoms with E-state index < -0.39 is 0 Å². The van der Waals surface area contributed by atoms with Gasteiger partial charge in [0.05, 0.1) is 0 Å². The molecular weight excluding hydrogens is 319 g/mol. The molecule has 0 atom stereocenters. The van der Waals surface area contributed by atoms with E-state index in [9.17, 15) is 9.18 Å². The molecule has 0 radical (unpaired) electrons. The van der Waals surface area contributed by atoms with Crippen LogP contribution in [-0.2, 0) is 0 Å². The molecule has 5 nitrogen and oxygen atoms in total. The van der Waals surface area contributed by atoms with Crippen molar-refractivity contribution in [2.75, 3.05) is 16.8 Å². The number of carbonyl (C=O) groups excluding carboxylic acids is 1. The highest BCUT2D eigenvalue weighted by Crippen LogP contribution is 2.22. The highest BCUT2D eigenvalue weighted by molar-refractivity contribution is 6.03. The summed E-state index contributed by atoms with van der Waals surface area (Å²) in [4.78, 5) is 14.1. The molecule has 126 valence electrons. The van der Waals surface area contributed by atoms with Gasteiger partial charge in [-0.15, -0.1) is 10.2 Å². The minimum Gasteiger partial charge on any atom is -0.325 e. The summed E-state index contributed by atoms with van der Waals surface area (Å²) in [6.45, 7) is 2.76. The Hall–Kier alpha value is -3.28. The number of nitrogens with one attached hydrogen (secondary N) is 1. The standard InChI is InChI=1S/C19H17FN4O/c1-2-24(16-6-4-3-5-7-16)18-13-12-17(22-23-18)21-19(25)14-8-10-15(20)11-9-14/h3-13H,2H2,1H3,(H,21,22,25). The van der Waals surface area contributed by atoms with Crippen molar-refractivity contribution >= 4 is 23.2 Å². The molecule has 1 N–H and O–H groups in total. The molecule has 3 rings (SSSR count). The summed E-state index contributed by atoms with van der Waals surface area (Å²) in [6.07, 6.45) is 0. The van der Waals surface area contributed by atoms with Gasteiger partial charge in [-0.3, -0.25) is 4.79 Å². The lowest BCUT2D eigenvalue weighted by atomic mass is 10.2. The number of hydrogen-bond acceptors (Lipinski definition) is 4. The van der Waals surface area contributed by atoms with Crippen LogP contribution in [0.15, 0.2) is 66.7 Å². The Morgan fingerprint density at radius 1 is 1.00 bits per heavy atom. The van der Waals surface area contributed by atoms with Crippen molar-refractivity contribution in [3.63, 3.8) is 0 Å². The van der Waals surface area contributed by atoms with Crippen LogP contribution in [0.3, 0.4) is 0 Å². The summed E-state index contributed by atoms with van der Waals surface area (Å²) >= 11 is 0. The van der Waals surface area contributed by atoms with Gasteiger partial charge in [-0.2, -0.15) is 0 Å². The second-order valence-electron chi connectivity index (χ2n) is 5.32. The lowest BCUT2D eigenvalue weighted by Crippen LogP contribution is -2.18. The lowest BCUT2D eigenvalue weighted by Gasteiger charge is -2.21. The maximum Gasteiger partial charge on any atom is 0.256 e. The second kappa shape index (κ2) is 7.53. The molecule has 2 aromatic carbocycles. The third kappa shape index (κ3) is 3.98. The molecule has 0 bridgehead atoms. The second-order valence-corrected chi connectivity index (χ2v) is 5.32. The molecule has 0 aliphatic rings. The van der Waals surface area contributed by atoms with Gasteiger partial charge in [0.2, 0.25) is 0 Å². The molecular formula is C19H17FN4O. The fraction of sp³-hybridized carbons (Fsp3) is 0.105. The van der Waals surface area contributed by atoms with E-state index >= 15 is 0 Å². The predicted octanol–water partition coefficient (Wildman–Crippen LogP) is 4.03. The predicted molar refractivity (Wildman–Crippen MR) is 95.5 cm³/mol. The Morgan fingerprint density at radius 3 is 2.32 bits per heavy atom. The van der Waals surface area contributed by atoms with E-state index in [4.69, 9.17) is 0 Å². The fourth-order valence-electron chi connectivity index (χ4n) is 2.41. The first kappa shape index (κ1) is 16.6. The molecule has 0 spiro atoms. The first-order valence-electron chi connectivity index (χ1n) is 7.90. The number of para-hydroxylation sites is 1. The van der Waals surface area contributed by atoms with Gasteiger partial charge >= 0.3 is 0 Å². The van der Waals surface area contributed by atoms with E-state index in [0.29, 0.717) is 17.2 Å². The van der Waals surface area contributed by atoms with Crippen molar-refractivity contribution in [3.05, 3.63) is 78.1 Å². The van der Waals surface area contributed by atoms with Gasteiger partial charge in [0.25, 0.3) is 5.91 Å². The maximum absolute atomic E-state index is 12.9. The number of rotatable bonds is 5. The zero-order valence-electron chi connectivity index (χ0n) is 13.7. The van der Waals surface area contributed by atoms with Crippen LogP contribution in [0.5, 0.6) is 0 Å². The Morgan fingerprint density at radius 2 is 1.72 bits per heavy atom. The van der Waals surface area contributed by atoms with Gasteiger partial charge in [-0.05, 0) is 55.5 Å². The first-order chi connectivity index (χ1) is 12.2. The van der Waals surface area contributed by atoms with Gasteiger partial charge in [-0.25, -0.2) is 4.39 Å². The van der Waals surface area contributed by atoms with Crippen LogP contribution in [0, 0.1) is 5.82 Å². The van der Waals surface area contributed by atoms with Crippen LogP contribution >= 0.6 is 0 Å². The summed E-state index contributed by atoms with van der Waals surface area (Å²) in [6, 6.07) is 18.7. The van der Waals surface area contributed by atoms with Gasteiger partial charge < -0.3 is 10.2 Å². The van der Waals surface area contributed by atoms with Crippen molar-refractivity contribution in [2.24, 2.45) is 0 Å². The van der Waals surface area contributed by atoms with Crippen LogP contribution in [0.4, 0.5) is 21.7 Å². The minimum absolute atomic E-state index is 0.335. The quantitative estimate of drug-likeness (QED) is 0.764. The zero-order chi connectivity index (χ0) is 17.6. The van der Waals surface area contributed by atoms with E-state index in [1.54, 1.807) is 12.1 Å². The van der Waals surface area contributed by atoms with Crippen LogP contribution in [0.1, 0.15) is 17.3 Å². The number of anilines is 3. The third-order valence-electron chi connectivity index (χ3n) is 3.66. The van der Waals surface area contributed by atoms with Crippen molar-refractivity contribution < 1.29 is 9.18 Å². The highest BCUT2D eigenvalue weighted by Gasteiger charge is 2.11. The van der Waals surface area contributed by atoms with Crippen LogP contribution < -0.4 is 10.2 Å². The van der Waals surface area contributed by atoms with Crippen molar-refractivity contribution in [1.82, 2.24) is 10.2 Å². The molecule has 6 heteroatoms. The largest absolute Gasteiger partial charge is 0.325 e. The van der Waals surface area contributed by atoms with E-state index in [1.165, 1.54) is 24.3 Å². The number of hydrogen-bond donors (Lipinski definition) is 1. The molecule has 0 aliphatic carbocycles. The topological polar surface area (TPSA) is 58.1 Å². The molecule has 0 saturated carbocycles. The SMILES string of the molecule is CCN(c1ccccc1)c1ccc(NC(=O)c2ccc(F)cc2)nn1. The Kier molecular flexibility index (Phi) is 4.99. The Labute approximate surface area is 145 Å². The van der Waals surface area contributed by atoms with Crippen LogP contribution in [-0.4, -0.2) is 22.6 Å². The molecule has 0 unspecified atom stereocenters. The Bertz CT molecular complexity index is 836. The fourth-order valence-corrected chi connectivity index (χ4v) is 2.41. The zero-order valence-corrected chi connectivity index (χ0v) is 13.7. The van der Waals surface area contributed by atoms with Crippen LogP contribution in [0.2, 0.25) is 0 Å². The van der Waals surface area contributed by atoms with E-state index in [0.717, 1.165) is 12.2 Å². The van der Waals surface area contributed by atoms with Crippen molar-refractivity contribution in [3.8, 4) is 0 Å². The number of amides is 1. The normalized spacial score (nSPS) is 10.3. The van der Waals surface area contributed by atoms with Gasteiger partial charge in [0, 0.05) is 17.8 Å². The van der Waals surface area contributed by atoms with Crippen molar-refractivity contribution in [2.45, 2.75) is 6.92 Å². The molecule has 0 saturated heterocycles. The highest BCUT2D eigenvalue weighted by atomic mass is 19.1. The summed E-state index contributed by atoms with van der Waals surface area (Å²) in [7, 11) is 0. The summed E-state index contributed by atoms with van der Waals surface area (Å²) in [5, 5.41) is 10.9. The van der Waals surface area contributed by atoms with Crippen LogP contribution in [0.25, 0.3) is 0 Å². The van der Waals surface area contributed by atoms with Gasteiger partial charge in [0.1, 0.15) is 5.82 Å². The van der Waals surface area contributed by atoms with Gasteiger partial charge in [-0.1, -0.05) is 18.2 Å². The molecule has 0 fully saturated rings. The van der Waals surface area contributed by atoms with E-state index in [-0.39, 0.29) is 11.7 Å². The average Bonchev–Trinajstić information content (AvgIpc) is 2.65. The number of benzene rings is 2. The van der Waals surface area contributed by atoms with E-state index in [2.05, 4.69) is 15.5 Å². The molecule has 25 heavy (non-hydrogen) atoms. The molecule has 1 amide bonds. The maximum atomic E-state index is 12.9. The number of nitrogens with zero attached hydrogens (tertiary/aromatic N) is 3. The molecule has 3 aromatic rings. The van der Waals surface area contributed by atoms with Crippen molar-refractivity contribution in [1.29, 1.82) is 0 Å². The number of aromatic nitrogens is 2. The van der Waals surface area contributed by atoms with Gasteiger partial charge in [0.15, 0.2) is 11.6 Å². The molecule has 0 aliphatic heterocycles. The minimum atomic E-state index is -0.388. The third-order valence-corrected chi connectivity index (χ3v) is 3.66. The number of halogens is 1. The summed E-state index contributed by atoms with van der Waals surface area (Å²) in [5.74, 6) is 0.273. The molecule has 1 aromatic heterocycles. The summed E-state index contributed by atoms with van der Waals surface area (Å²) < 4.78 is 12.9. The van der Waals surface area contributed by atoms with E-state index in [1.807, 2.05) is 42.2 Å². The first-order valence-corrected chi connectivity index (χ1v) is 7.90. The number of carbonyl (C=O) groups is 1. The smallest absolute Gasteiger partial charge is 0.256 e.